The van der Waals surface area contributed by atoms with Gasteiger partial charge in [-0.05, 0) is 43.7 Å². The van der Waals surface area contributed by atoms with Gasteiger partial charge in [0.1, 0.15) is 5.75 Å². The average molecular weight is 220 g/mol. The molecule has 0 N–H and O–H groups in total. The molecule has 1 aliphatic heterocycles. The molecule has 0 aromatic heterocycles. The molecular formula is C14H20O2. The van der Waals surface area contributed by atoms with Gasteiger partial charge in [0.05, 0.1) is 6.61 Å². The molecule has 88 valence electrons. The Hall–Kier alpha value is -1.02. The number of benzene rings is 1. The van der Waals surface area contributed by atoms with E-state index in [1.807, 2.05) is 0 Å². The highest BCUT2D eigenvalue weighted by atomic mass is 16.5. The molecule has 1 aromatic carbocycles. The highest BCUT2D eigenvalue weighted by Crippen LogP contribution is 2.24. The maximum Gasteiger partial charge on any atom is 0.125 e. The van der Waals surface area contributed by atoms with Crippen molar-refractivity contribution in [2.24, 2.45) is 5.92 Å². The lowest BCUT2D eigenvalue weighted by Crippen LogP contribution is -2.21. The molecular weight excluding hydrogens is 200 g/mol. The second-order valence-corrected chi connectivity index (χ2v) is 4.59. The predicted molar refractivity (Wildman–Crippen MR) is 65.0 cm³/mol. The summed E-state index contributed by atoms with van der Waals surface area (Å²) in [7, 11) is 0. The van der Waals surface area contributed by atoms with Gasteiger partial charge in [0.2, 0.25) is 0 Å². The third-order valence-corrected chi connectivity index (χ3v) is 3.21. The molecule has 0 saturated carbocycles. The van der Waals surface area contributed by atoms with Crippen LogP contribution in [0.4, 0.5) is 0 Å². The summed E-state index contributed by atoms with van der Waals surface area (Å²) in [5.74, 6) is 1.72. The predicted octanol–water partition coefficient (Wildman–Crippen LogP) is 3.11. The van der Waals surface area contributed by atoms with Crippen LogP contribution in [0.25, 0.3) is 0 Å². The first kappa shape index (κ1) is 11.5. The Morgan fingerprint density at radius 2 is 1.81 bits per heavy atom. The van der Waals surface area contributed by atoms with Gasteiger partial charge in [-0.3, -0.25) is 0 Å². The van der Waals surface area contributed by atoms with Crippen LogP contribution < -0.4 is 4.74 Å². The van der Waals surface area contributed by atoms with Gasteiger partial charge in [0.15, 0.2) is 0 Å². The molecule has 16 heavy (non-hydrogen) atoms. The first-order valence-corrected chi connectivity index (χ1v) is 6.04. The molecule has 1 fully saturated rings. The summed E-state index contributed by atoms with van der Waals surface area (Å²) in [6.45, 7) is 6.81. The van der Waals surface area contributed by atoms with Crippen LogP contribution in [0.5, 0.6) is 5.75 Å². The van der Waals surface area contributed by atoms with Crippen LogP contribution in [0.3, 0.4) is 0 Å². The van der Waals surface area contributed by atoms with E-state index in [0.29, 0.717) is 5.92 Å². The Morgan fingerprint density at radius 1 is 1.19 bits per heavy atom. The summed E-state index contributed by atoms with van der Waals surface area (Å²) in [5.41, 5.74) is 2.46. The Bertz CT molecular complexity index is 320. The summed E-state index contributed by atoms with van der Waals surface area (Å²) in [6, 6.07) is 6.28. The van der Waals surface area contributed by atoms with Crippen molar-refractivity contribution < 1.29 is 9.47 Å². The molecule has 0 unspecified atom stereocenters. The van der Waals surface area contributed by atoms with Gasteiger partial charge in [-0.15, -0.1) is 0 Å². The van der Waals surface area contributed by atoms with Crippen LogP contribution in [0.15, 0.2) is 18.2 Å². The fourth-order valence-corrected chi connectivity index (χ4v) is 2.14. The highest BCUT2D eigenvalue weighted by molar-refractivity contribution is 5.39. The number of hydrogen-bond donors (Lipinski definition) is 0. The van der Waals surface area contributed by atoms with E-state index in [4.69, 9.17) is 9.47 Å². The Labute approximate surface area is 97.6 Å². The van der Waals surface area contributed by atoms with Gasteiger partial charge in [-0.25, -0.2) is 0 Å². The minimum atomic E-state index is 0.660. The van der Waals surface area contributed by atoms with Gasteiger partial charge >= 0.3 is 0 Å². The summed E-state index contributed by atoms with van der Waals surface area (Å²) >= 11 is 0. The van der Waals surface area contributed by atoms with E-state index in [1.165, 1.54) is 11.1 Å². The van der Waals surface area contributed by atoms with Gasteiger partial charge in [0, 0.05) is 13.2 Å². The zero-order chi connectivity index (χ0) is 11.4. The molecule has 0 amide bonds. The van der Waals surface area contributed by atoms with Crippen molar-refractivity contribution in [3.63, 3.8) is 0 Å². The molecule has 2 heteroatoms. The van der Waals surface area contributed by atoms with Crippen molar-refractivity contribution in [2.45, 2.75) is 26.7 Å². The van der Waals surface area contributed by atoms with E-state index in [-0.39, 0.29) is 0 Å². The minimum absolute atomic E-state index is 0.660. The molecule has 2 rings (SSSR count). The lowest BCUT2D eigenvalue weighted by Gasteiger charge is -2.23. The number of ether oxygens (including phenoxy) is 2. The summed E-state index contributed by atoms with van der Waals surface area (Å²) in [6.07, 6.45) is 2.26. The molecule has 0 radical (unpaired) electrons. The monoisotopic (exact) mass is 220 g/mol. The Balaban J connectivity index is 1.93. The molecule has 0 spiro atoms. The SMILES string of the molecule is Cc1cccc(C)c1OCC1CCOCC1. The van der Waals surface area contributed by atoms with Gasteiger partial charge in [-0.2, -0.15) is 0 Å². The molecule has 0 atom stereocenters. The molecule has 0 bridgehead atoms. The molecule has 1 aromatic rings. The van der Waals surface area contributed by atoms with Crippen LogP contribution >= 0.6 is 0 Å². The fourth-order valence-electron chi connectivity index (χ4n) is 2.14. The van der Waals surface area contributed by atoms with Crippen molar-refractivity contribution in [2.75, 3.05) is 19.8 Å². The van der Waals surface area contributed by atoms with Crippen molar-refractivity contribution in [1.82, 2.24) is 0 Å². The van der Waals surface area contributed by atoms with Crippen LogP contribution in [-0.2, 0) is 4.74 Å². The van der Waals surface area contributed by atoms with Crippen molar-refractivity contribution in [3.05, 3.63) is 29.3 Å². The normalized spacial score (nSPS) is 17.4. The van der Waals surface area contributed by atoms with Crippen LogP contribution in [0.1, 0.15) is 24.0 Å². The second kappa shape index (κ2) is 5.35. The van der Waals surface area contributed by atoms with Crippen molar-refractivity contribution in [3.8, 4) is 5.75 Å². The lowest BCUT2D eigenvalue weighted by atomic mass is 10.0. The lowest BCUT2D eigenvalue weighted by molar-refractivity contribution is 0.0495. The van der Waals surface area contributed by atoms with E-state index in [1.54, 1.807) is 0 Å². The summed E-state index contributed by atoms with van der Waals surface area (Å²) in [4.78, 5) is 0. The molecule has 1 saturated heterocycles. The summed E-state index contributed by atoms with van der Waals surface area (Å²) < 4.78 is 11.3. The second-order valence-electron chi connectivity index (χ2n) is 4.59. The standard InChI is InChI=1S/C14H20O2/c1-11-4-3-5-12(2)14(11)16-10-13-6-8-15-9-7-13/h3-5,13H,6-10H2,1-2H3. The van der Waals surface area contributed by atoms with E-state index in [2.05, 4.69) is 32.0 Å². The van der Waals surface area contributed by atoms with E-state index in [0.717, 1.165) is 38.4 Å². The maximum absolute atomic E-state index is 5.95. The largest absolute Gasteiger partial charge is 0.493 e. The smallest absolute Gasteiger partial charge is 0.125 e. The number of hydrogen-bond acceptors (Lipinski definition) is 2. The topological polar surface area (TPSA) is 18.5 Å². The van der Waals surface area contributed by atoms with Crippen LogP contribution in [0.2, 0.25) is 0 Å². The van der Waals surface area contributed by atoms with Gasteiger partial charge < -0.3 is 9.47 Å². The maximum atomic E-state index is 5.95. The quantitative estimate of drug-likeness (QED) is 0.779. The molecule has 2 nitrogen and oxygen atoms in total. The minimum Gasteiger partial charge on any atom is -0.493 e. The third-order valence-electron chi connectivity index (χ3n) is 3.21. The zero-order valence-electron chi connectivity index (χ0n) is 10.2. The molecule has 0 aliphatic carbocycles. The molecule has 1 heterocycles. The van der Waals surface area contributed by atoms with E-state index in [9.17, 15) is 0 Å². The number of rotatable bonds is 3. The van der Waals surface area contributed by atoms with Crippen molar-refractivity contribution in [1.29, 1.82) is 0 Å². The molecule has 1 aliphatic rings. The third kappa shape index (κ3) is 2.76. The summed E-state index contributed by atoms with van der Waals surface area (Å²) in [5, 5.41) is 0. The Morgan fingerprint density at radius 3 is 2.44 bits per heavy atom. The zero-order valence-corrected chi connectivity index (χ0v) is 10.2. The van der Waals surface area contributed by atoms with Crippen molar-refractivity contribution >= 4 is 0 Å². The average Bonchev–Trinajstić information content (AvgIpc) is 2.30. The number of para-hydroxylation sites is 1. The first-order valence-electron chi connectivity index (χ1n) is 6.04. The van der Waals surface area contributed by atoms with E-state index >= 15 is 0 Å². The van der Waals surface area contributed by atoms with Gasteiger partial charge in [-0.1, -0.05) is 18.2 Å². The highest BCUT2D eigenvalue weighted by Gasteiger charge is 2.15. The Kier molecular flexibility index (Phi) is 3.83. The number of aryl methyl sites for hydroxylation is 2. The van der Waals surface area contributed by atoms with Crippen LogP contribution in [0, 0.1) is 19.8 Å². The first-order chi connectivity index (χ1) is 7.77. The van der Waals surface area contributed by atoms with E-state index < -0.39 is 0 Å². The fraction of sp³-hybridized carbons (Fsp3) is 0.571. The van der Waals surface area contributed by atoms with Crippen LogP contribution in [-0.4, -0.2) is 19.8 Å². The van der Waals surface area contributed by atoms with Gasteiger partial charge in [0.25, 0.3) is 0 Å².